The Morgan fingerprint density at radius 3 is 2.38 bits per heavy atom. The van der Waals surface area contributed by atoms with Gasteiger partial charge in [0.05, 0.1) is 0 Å². The monoisotopic (exact) mass is 181 g/mol. The molecule has 0 amide bonds. The first kappa shape index (κ1) is 9.41. The van der Waals surface area contributed by atoms with Crippen LogP contribution in [0.15, 0.2) is 18.7 Å². The van der Waals surface area contributed by atoms with Crippen LogP contribution >= 0.6 is 0 Å². The summed E-state index contributed by atoms with van der Waals surface area (Å²) in [5, 5.41) is 27.5. The van der Waals surface area contributed by atoms with Crippen LogP contribution in [0.2, 0.25) is 0 Å². The second kappa shape index (κ2) is 3.37. The maximum absolute atomic E-state index is 9.35. The van der Waals surface area contributed by atoms with Crippen molar-refractivity contribution in [2.24, 2.45) is 5.73 Å². The molecular weight excluding hydrogens is 170 g/mol. The van der Waals surface area contributed by atoms with Crippen LogP contribution in [-0.4, -0.2) is 21.9 Å². The molecule has 70 valence electrons. The second-order valence-corrected chi connectivity index (χ2v) is 2.64. The lowest BCUT2D eigenvalue weighted by Crippen LogP contribution is -2.01. The summed E-state index contributed by atoms with van der Waals surface area (Å²) in [5.41, 5.74) is 6.14. The van der Waals surface area contributed by atoms with Crippen LogP contribution in [-0.2, 0) is 0 Å². The van der Waals surface area contributed by atoms with Gasteiger partial charge in [-0.2, -0.15) is 0 Å². The molecule has 0 aliphatic heterocycles. The highest BCUT2D eigenvalue weighted by Gasteiger charge is 2.11. The standard InChI is InChI=1S/C9H11NO3/c1-5(4-10)6-2-3-7(11)9(13)8(6)12/h2-3,11-13H,1,4,10H2. The molecule has 0 saturated heterocycles. The molecule has 0 saturated carbocycles. The van der Waals surface area contributed by atoms with E-state index in [1.165, 1.54) is 12.1 Å². The number of benzene rings is 1. The molecule has 0 unspecified atom stereocenters. The zero-order valence-electron chi connectivity index (χ0n) is 6.99. The minimum Gasteiger partial charge on any atom is -0.504 e. The fourth-order valence-corrected chi connectivity index (χ4v) is 0.964. The van der Waals surface area contributed by atoms with Gasteiger partial charge in [-0.25, -0.2) is 0 Å². The summed E-state index contributed by atoms with van der Waals surface area (Å²) in [6, 6.07) is 2.71. The molecule has 0 atom stereocenters. The number of phenolic OH excluding ortho intramolecular Hbond substituents is 3. The Kier molecular flexibility index (Phi) is 2.44. The summed E-state index contributed by atoms with van der Waals surface area (Å²) in [4.78, 5) is 0. The molecule has 1 aromatic rings. The molecule has 0 radical (unpaired) electrons. The van der Waals surface area contributed by atoms with E-state index < -0.39 is 11.5 Å². The van der Waals surface area contributed by atoms with E-state index in [-0.39, 0.29) is 12.3 Å². The summed E-state index contributed by atoms with van der Waals surface area (Å²) in [6.45, 7) is 3.78. The summed E-state index contributed by atoms with van der Waals surface area (Å²) in [6.07, 6.45) is 0. The number of hydrogen-bond acceptors (Lipinski definition) is 4. The van der Waals surface area contributed by atoms with Crippen molar-refractivity contribution >= 4 is 5.57 Å². The van der Waals surface area contributed by atoms with Crippen LogP contribution in [0.1, 0.15) is 5.56 Å². The van der Waals surface area contributed by atoms with Crippen molar-refractivity contribution in [3.8, 4) is 17.2 Å². The average Bonchev–Trinajstić information content (AvgIpc) is 2.13. The highest BCUT2D eigenvalue weighted by molar-refractivity contribution is 5.73. The molecule has 0 aliphatic rings. The number of hydrogen-bond donors (Lipinski definition) is 4. The molecule has 5 N–H and O–H groups in total. The van der Waals surface area contributed by atoms with E-state index in [0.717, 1.165) is 0 Å². The smallest absolute Gasteiger partial charge is 0.200 e. The first-order valence-electron chi connectivity index (χ1n) is 3.70. The first-order valence-corrected chi connectivity index (χ1v) is 3.70. The van der Waals surface area contributed by atoms with Gasteiger partial charge in [0.2, 0.25) is 5.75 Å². The van der Waals surface area contributed by atoms with E-state index in [2.05, 4.69) is 6.58 Å². The van der Waals surface area contributed by atoms with Crippen LogP contribution in [0.25, 0.3) is 5.57 Å². The van der Waals surface area contributed by atoms with Crippen LogP contribution in [0, 0.1) is 0 Å². The first-order chi connectivity index (χ1) is 6.07. The van der Waals surface area contributed by atoms with Gasteiger partial charge < -0.3 is 21.1 Å². The largest absolute Gasteiger partial charge is 0.504 e. The van der Waals surface area contributed by atoms with E-state index >= 15 is 0 Å². The lowest BCUT2D eigenvalue weighted by atomic mass is 10.1. The Labute approximate surface area is 75.6 Å². The molecule has 4 heteroatoms. The van der Waals surface area contributed by atoms with Gasteiger partial charge in [-0.1, -0.05) is 6.58 Å². The summed E-state index contributed by atoms with van der Waals surface area (Å²) >= 11 is 0. The average molecular weight is 181 g/mol. The zero-order chi connectivity index (χ0) is 10.0. The van der Waals surface area contributed by atoms with Gasteiger partial charge in [0.25, 0.3) is 0 Å². The number of phenols is 3. The molecule has 0 spiro atoms. The van der Waals surface area contributed by atoms with Gasteiger partial charge in [0.1, 0.15) is 0 Å². The van der Waals surface area contributed by atoms with Crippen LogP contribution in [0.4, 0.5) is 0 Å². The van der Waals surface area contributed by atoms with Gasteiger partial charge in [-0.3, -0.25) is 0 Å². The van der Waals surface area contributed by atoms with E-state index in [1.54, 1.807) is 0 Å². The summed E-state index contributed by atoms with van der Waals surface area (Å²) in [5.74, 6) is -1.31. The van der Waals surface area contributed by atoms with Gasteiger partial charge in [0, 0.05) is 12.1 Å². The fraction of sp³-hybridized carbons (Fsp3) is 0.111. The number of aromatic hydroxyl groups is 3. The third kappa shape index (κ3) is 1.57. The summed E-state index contributed by atoms with van der Waals surface area (Å²) in [7, 11) is 0. The lowest BCUT2D eigenvalue weighted by molar-refractivity contribution is 0.367. The SMILES string of the molecule is C=C(CN)c1ccc(O)c(O)c1O. The molecular formula is C9H11NO3. The molecule has 0 heterocycles. The van der Waals surface area contributed by atoms with Crippen molar-refractivity contribution in [3.05, 3.63) is 24.3 Å². The molecule has 13 heavy (non-hydrogen) atoms. The Morgan fingerprint density at radius 2 is 1.85 bits per heavy atom. The minimum absolute atomic E-state index is 0.178. The van der Waals surface area contributed by atoms with Crippen molar-refractivity contribution in [3.63, 3.8) is 0 Å². The van der Waals surface area contributed by atoms with Crippen molar-refractivity contribution in [1.29, 1.82) is 0 Å². The predicted octanol–water partition coefficient (Wildman–Crippen LogP) is 0.775. The van der Waals surface area contributed by atoms with Gasteiger partial charge in [-0.05, 0) is 17.7 Å². The third-order valence-electron chi connectivity index (χ3n) is 1.76. The molecule has 0 aliphatic carbocycles. The Bertz CT molecular complexity index is 347. The van der Waals surface area contributed by atoms with E-state index in [4.69, 9.17) is 15.9 Å². The Hall–Kier alpha value is -1.68. The van der Waals surface area contributed by atoms with Crippen molar-refractivity contribution in [2.75, 3.05) is 6.54 Å². The lowest BCUT2D eigenvalue weighted by Gasteiger charge is -2.07. The van der Waals surface area contributed by atoms with Gasteiger partial charge >= 0.3 is 0 Å². The minimum atomic E-state index is -0.549. The van der Waals surface area contributed by atoms with Crippen LogP contribution in [0.5, 0.6) is 17.2 Å². The summed E-state index contributed by atoms with van der Waals surface area (Å²) < 4.78 is 0. The maximum atomic E-state index is 9.35. The third-order valence-corrected chi connectivity index (χ3v) is 1.76. The van der Waals surface area contributed by atoms with Crippen molar-refractivity contribution in [1.82, 2.24) is 0 Å². The van der Waals surface area contributed by atoms with E-state index in [1.807, 2.05) is 0 Å². The maximum Gasteiger partial charge on any atom is 0.200 e. The second-order valence-electron chi connectivity index (χ2n) is 2.64. The van der Waals surface area contributed by atoms with Crippen LogP contribution < -0.4 is 5.73 Å². The zero-order valence-corrected chi connectivity index (χ0v) is 6.99. The van der Waals surface area contributed by atoms with Gasteiger partial charge in [-0.15, -0.1) is 0 Å². The number of nitrogens with two attached hydrogens (primary N) is 1. The molecule has 4 nitrogen and oxygen atoms in total. The highest BCUT2D eigenvalue weighted by atomic mass is 16.3. The van der Waals surface area contributed by atoms with E-state index in [0.29, 0.717) is 11.1 Å². The number of rotatable bonds is 2. The molecule has 1 rings (SSSR count). The molecule has 0 fully saturated rings. The molecule has 0 aromatic heterocycles. The van der Waals surface area contributed by atoms with Crippen molar-refractivity contribution in [2.45, 2.75) is 0 Å². The quantitative estimate of drug-likeness (QED) is 0.508. The topological polar surface area (TPSA) is 86.7 Å². The Balaban J connectivity index is 3.26. The van der Waals surface area contributed by atoms with Crippen LogP contribution in [0.3, 0.4) is 0 Å². The van der Waals surface area contributed by atoms with Gasteiger partial charge in [0.15, 0.2) is 11.5 Å². The highest BCUT2D eigenvalue weighted by Crippen LogP contribution is 2.39. The molecule has 0 bridgehead atoms. The molecule has 1 aromatic carbocycles. The predicted molar refractivity (Wildman–Crippen MR) is 49.5 cm³/mol. The van der Waals surface area contributed by atoms with E-state index in [9.17, 15) is 5.11 Å². The normalized spacial score (nSPS) is 9.92. The fourth-order valence-electron chi connectivity index (χ4n) is 0.964. The Morgan fingerprint density at radius 1 is 1.23 bits per heavy atom. The van der Waals surface area contributed by atoms with Crippen molar-refractivity contribution < 1.29 is 15.3 Å².